The zero-order valence-electron chi connectivity index (χ0n) is 17.2. The van der Waals surface area contributed by atoms with Gasteiger partial charge in [-0.25, -0.2) is 9.97 Å². The van der Waals surface area contributed by atoms with Crippen LogP contribution in [-0.4, -0.2) is 33.6 Å². The highest BCUT2D eigenvalue weighted by atomic mass is 35.5. The van der Waals surface area contributed by atoms with Gasteiger partial charge >= 0.3 is 0 Å². The predicted molar refractivity (Wildman–Crippen MR) is 125 cm³/mol. The number of hydrogen-bond donors (Lipinski definition) is 0. The first-order valence-electron chi connectivity index (χ1n) is 10.2. The van der Waals surface area contributed by atoms with E-state index < -0.39 is 0 Å². The molecule has 0 spiro atoms. The van der Waals surface area contributed by atoms with E-state index in [-0.39, 0.29) is 12.5 Å². The summed E-state index contributed by atoms with van der Waals surface area (Å²) in [6.45, 7) is 3.36. The maximum Gasteiger partial charge on any atom is 0.266 e. The predicted octanol–water partition coefficient (Wildman–Crippen LogP) is 5.21. The van der Waals surface area contributed by atoms with E-state index in [2.05, 4.69) is 18.0 Å². The van der Waals surface area contributed by atoms with Crippen molar-refractivity contribution in [1.82, 2.24) is 14.5 Å². The van der Waals surface area contributed by atoms with Gasteiger partial charge in [-0.05, 0) is 48.7 Å². The van der Waals surface area contributed by atoms with Crippen LogP contribution in [-0.2, 0) is 17.8 Å². The third-order valence-electron chi connectivity index (χ3n) is 4.94. The maximum atomic E-state index is 13.1. The molecule has 0 unspecified atom stereocenters. The number of amides is 1. The van der Waals surface area contributed by atoms with Crippen molar-refractivity contribution in [1.29, 1.82) is 0 Å². The fourth-order valence-corrected chi connectivity index (χ4v) is 4.49. The third kappa shape index (κ3) is 5.24. The molecule has 0 N–H and O–H groups in total. The minimum absolute atomic E-state index is 0.0662. The van der Waals surface area contributed by atoms with E-state index in [1.54, 1.807) is 41.7 Å². The van der Waals surface area contributed by atoms with E-state index >= 15 is 0 Å². The van der Waals surface area contributed by atoms with Crippen molar-refractivity contribution in [2.75, 3.05) is 18.1 Å². The van der Waals surface area contributed by atoms with Crippen LogP contribution < -0.4 is 9.64 Å². The second kappa shape index (κ2) is 9.94. The van der Waals surface area contributed by atoms with Gasteiger partial charge < -0.3 is 9.30 Å². The highest BCUT2D eigenvalue weighted by Crippen LogP contribution is 2.31. The SMILES string of the molecule is CCc1cccc2sc(N(CCCn3ccnc3)C(=O)COc3ccc(Cl)cc3)nc12. The fourth-order valence-electron chi connectivity index (χ4n) is 3.31. The minimum atomic E-state index is -0.127. The van der Waals surface area contributed by atoms with Crippen LogP contribution in [0, 0.1) is 0 Å². The summed E-state index contributed by atoms with van der Waals surface area (Å²) in [5, 5.41) is 1.33. The summed E-state index contributed by atoms with van der Waals surface area (Å²) in [6.07, 6.45) is 7.12. The molecular formula is C23H23ClN4O2S. The van der Waals surface area contributed by atoms with Crippen molar-refractivity contribution in [2.45, 2.75) is 26.3 Å². The lowest BCUT2D eigenvalue weighted by molar-refractivity contribution is -0.120. The monoisotopic (exact) mass is 454 g/mol. The lowest BCUT2D eigenvalue weighted by Gasteiger charge is -2.20. The van der Waals surface area contributed by atoms with Crippen molar-refractivity contribution in [3.8, 4) is 5.75 Å². The van der Waals surface area contributed by atoms with Crippen LogP contribution >= 0.6 is 22.9 Å². The van der Waals surface area contributed by atoms with Crippen LogP contribution in [0.15, 0.2) is 61.2 Å². The van der Waals surface area contributed by atoms with Crippen molar-refractivity contribution < 1.29 is 9.53 Å². The standard InChI is InChI=1S/C23H23ClN4O2S/c1-2-17-5-3-6-20-22(17)26-23(31-20)28(13-4-12-27-14-11-25-16-27)21(29)15-30-19-9-7-18(24)8-10-19/h3,5-11,14,16H,2,4,12-13,15H2,1H3. The Labute approximate surface area is 190 Å². The lowest BCUT2D eigenvalue weighted by Crippen LogP contribution is -2.36. The lowest BCUT2D eigenvalue weighted by atomic mass is 10.1. The number of para-hydroxylation sites is 1. The normalized spacial score (nSPS) is 11.0. The number of fused-ring (bicyclic) bond motifs is 1. The second-order valence-electron chi connectivity index (χ2n) is 7.06. The first-order valence-corrected chi connectivity index (χ1v) is 11.4. The Morgan fingerprint density at radius 2 is 2.06 bits per heavy atom. The summed E-state index contributed by atoms with van der Waals surface area (Å²) in [5.41, 5.74) is 2.15. The van der Waals surface area contributed by atoms with E-state index in [1.807, 2.05) is 22.9 Å². The van der Waals surface area contributed by atoms with Gasteiger partial charge in [-0.1, -0.05) is 42.0 Å². The summed E-state index contributed by atoms with van der Waals surface area (Å²) < 4.78 is 8.79. The molecule has 2 aromatic carbocycles. The molecule has 0 aliphatic rings. The Balaban J connectivity index is 1.52. The number of hydrogen-bond acceptors (Lipinski definition) is 5. The Morgan fingerprint density at radius 3 is 2.81 bits per heavy atom. The van der Waals surface area contributed by atoms with Crippen LogP contribution in [0.2, 0.25) is 5.02 Å². The van der Waals surface area contributed by atoms with E-state index in [0.717, 1.165) is 29.6 Å². The highest BCUT2D eigenvalue weighted by Gasteiger charge is 2.21. The quantitative estimate of drug-likeness (QED) is 0.348. The van der Waals surface area contributed by atoms with Gasteiger partial charge in [0.1, 0.15) is 5.75 Å². The summed E-state index contributed by atoms with van der Waals surface area (Å²) in [6, 6.07) is 13.2. The maximum absolute atomic E-state index is 13.1. The molecule has 31 heavy (non-hydrogen) atoms. The fraction of sp³-hybridized carbons (Fsp3) is 0.261. The topological polar surface area (TPSA) is 60.2 Å². The first-order chi connectivity index (χ1) is 15.1. The van der Waals surface area contributed by atoms with E-state index in [0.29, 0.717) is 22.4 Å². The van der Waals surface area contributed by atoms with Gasteiger partial charge in [0.05, 0.1) is 16.5 Å². The molecule has 0 atom stereocenters. The molecule has 0 aliphatic heterocycles. The molecule has 0 saturated carbocycles. The molecule has 2 heterocycles. The number of ether oxygens (including phenoxy) is 1. The van der Waals surface area contributed by atoms with E-state index in [4.69, 9.17) is 21.3 Å². The number of aromatic nitrogens is 3. The number of thiazole rings is 1. The summed E-state index contributed by atoms with van der Waals surface area (Å²) in [7, 11) is 0. The molecule has 4 aromatic rings. The molecule has 1 amide bonds. The van der Waals surface area contributed by atoms with Crippen LogP contribution in [0.4, 0.5) is 5.13 Å². The van der Waals surface area contributed by atoms with Crippen molar-refractivity contribution in [3.05, 3.63) is 71.8 Å². The van der Waals surface area contributed by atoms with Crippen molar-refractivity contribution >= 4 is 44.2 Å². The molecule has 0 aliphatic carbocycles. The van der Waals surface area contributed by atoms with Crippen molar-refractivity contribution in [2.24, 2.45) is 0 Å². The molecule has 8 heteroatoms. The Morgan fingerprint density at radius 1 is 1.23 bits per heavy atom. The van der Waals surface area contributed by atoms with Crippen molar-refractivity contribution in [3.63, 3.8) is 0 Å². The Hall–Kier alpha value is -2.90. The third-order valence-corrected chi connectivity index (χ3v) is 6.23. The van der Waals surface area contributed by atoms with Crippen LogP contribution in [0.3, 0.4) is 0 Å². The highest BCUT2D eigenvalue weighted by molar-refractivity contribution is 7.22. The van der Waals surface area contributed by atoms with Gasteiger partial charge in [-0.15, -0.1) is 0 Å². The van der Waals surface area contributed by atoms with Gasteiger partial charge in [0.25, 0.3) is 5.91 Å². The number of carbonyl (C=O) groups is 1. The second-order valence-corrected chi connectivity index (χ2v) is 8.50. The first kappa shape index (κ1) is 21.3. The zero-order valence-corrected chi connectivity index (χ0v) is 18.8. The van der Waals surface area contributed by atoms with Gasteiger partial charge in [0.2, 0.25) is 0 Å². The molecule has 0 radical (unpaired) electrons. The molecule has 0 bridgehead atoms. The molecule has 4 rings (SSSR count). The smallest absolute Gasteiger partial charge is 0.266 e. The van der Waals surface area contributed by atoms with Gasteiger partial charge in [-0.3, -0.25) is 9.69 Å². The van der Waals surface area contributed by atoms with Crippen LogP contribution in [0.25, 0.3) is 10.2 Å². The number of halogens is 1. The number of anilines is 1. The average Bonchev–Trinajstić information content (AvgIpc) is 3.45. The number of benzene rings is 2. The van der Waals surface area contributed by atoms with Gasteiger partial charge in [0, 0.05) is 30.5 Å². The molecule has 2 aromatic heterocycles. The summed E-state index contributed by atoms with van der Waals surface area (Å²) in [5.74, 6) is 0.478. The number of aryl methyl sites for hydroxylation is 2. The van der Waals surface area contributed by atoms with Crippen LogP contribution in [0.1, 0.15) is 18.9 Å². The van der Waals surface area contributed by atoms with E-state index in [9.17, 15) is 4.79 Å². The minimum Gasteiger partial charge on any atom is -0.484 e. The number of rotatable bonds is 9. The van der Waals surface area contributed by atoms with Crippen LogP contribution in [0.5, 0.6) is 5.75 Å². The molecule has 0 fully saturated rings. The number of imidazole rings is 1. The Bertz CT molecular complexity index is 1140. The largest absolute Gasteiger partial charge is 0.484 e. The molecule has 0 saturated heterocycles. The average molecular weight is 455 g/mol. The van der Waals surface area contributed by atoms with E-state index in [1.165, 1.54) is 16.9 Å². The molecule has 160 valence electrons. The number of carbonyl (C=O) groups excluding carboxylic acids is 1. The molecular weight excluding hydrogens is 432 g/mol. The number of nitrogens with zero attached hydrogens (tertiary/aromatic N) is 4. The summed E-state index contributed by atoms with van der Waals surface area (Å²) in [4.78, 5) is 23.8. The Kier molecular flexibility index (Phi) is 6.84. The van der Waals surface area contributed by atoms with Gasteiger partial charge in [0.15, 0.2) is 11.7 Å². The zero-order chi connectivity index (χ0) is 21.6. The summed E-state index contributed by atoms with van der Waals surface area (Å²) >= 11 is 7.46. The van der Waals surface area contributed by atoms with Gasteiger partial charge in [-0.2, -0.15) is 0 Å². The molecule has 6 nitrogen and oxygen atoms in total.